The Bertz CT molecular complexity index is 524. The van der Waals surface area contributed by atoms with Gasteiger partial charge in [0.1, 0.15) is 0 Å². The van der Waals surface area contributed by atoms with Crippen LogP contribution in [0.25, 0.3) is 0 Å². The number of hydrogen-bond donors (Lipinski definition) is 2. The fraction of sp³-hybridized carbons (Fsp3) is 0.533. The average molecular weight is 299 g/mol. The lowest BCUT2D eigenvalue weighted by Gasteiger charge is -2.23. The van der Waals surface area contributed by atoms with E-state index in [1.165, 1.54) is 6.07 Å². The van der Waals surface area contributed by atoms with Crippen molar-refractivity contribution >= 4 is 5.91 Å². The Hall–Kier alpha value is -1.53. The van der Waals surface area contributed by atoms with Gasteiger partial charge in [0.15, 0.2) is 11.6 Å². The van der Waals surface area contributed by atoms with Crippen LogP contribution < -0.4 is 5.32 Å². The summed E-state index contributed by atoms with van der Waals surface area (Å²) in [7, 11) is 0. The molecule has 4 atom stereocenters. The number of hydrogen-bond acceptors (Lipinski definition) is 3. The van der Waals surface area contributed by atoms with E-state index in [1.54, 1.807) is 6.92 Å². The Balaban J connectivity index is 2.00. The molecule has 1 aromatic rings. The number of amides is 1. The highest BCUT2D eigenvalue weighted by atomic mass is 19.2. The molecular weight excluding hydrogens is 280 g/mol. The summed E-state index contributed by atoms with van der Waals surface area (Å²) in [4.78, 5) is 12.1. The monoisotopic (exact) mass is 299 g/mol. The van der Waals surface area contributed by atoms with Crippen LogP contribution in [0.4, 0.5) is 8.78 Å². The molecule has 1 aromatic carbocycles. The first-order valence-electron chi connectivity index (χ1n) is 6.95. The second-order valence-electron chi connectivity index (χ2n) is 5.39. The van der Waals surface area contributed by atoms with E-state index in [1.807, 2.05) is 6.92 Å². The maximum atomic E-state index is 13.2. The Morgan fingerprint density at radius 3 is 2.71 bits per heavy atom. The number of aliphatic hydroxyl groups excluding tert-OH is 1. The summed E-state index contributed by atoms with van der Waals surface area (Å²) in [5, 5.41) is 12.8. The molecule has 116 valence electrons. The second-order valence-corrected chi connectivity index (χ2v) is 5.39. The molecule has 0 bridgehead atoms. The third kappa shape index (κ3) is 3.57. The van der Waals surface area contributed by atoms with E-state index in [-0.39, 0.29) is 23.5 Å². The highest BCUT2D eigenvalue weighted by molar-refractivity contribution is 5.79. The summed E-state index contributed by atoms with van der Waals surface area (Å²) in [6.45, 7) is 3.98. The topological polar surface area (TPSA) is 58.6 Å². The number of halogens is 2. The molecule has 0 aromatic heterocycles. The zero-order valence-corrected chi connectivity index (χ0v) is 12.0. The third-order valence-corrected chi connectivity index (χ3v) is 3.84. The standard InChI is InChI=1S/C15H19F2NO3/c1-8(18-15(20)11-5-6-21-9(11)2)14(19)10-3-4-12(16)13(17)7-10/h3-4,7-9,11,14,19H,5-6H2,1-2H3,(H,18,20). The van der Waals surface area contributed by atoms with Gasteiger partial charge >= 0.3 is 0 Å². The zero-order chi connectivity index (χ0) is 15.6. The van der Waals surface area contributed by atoms with Crippen molar-refractivity contribution in [3.8, 4) is 0 Å². The van der Waals surface area contributed by atoms with Gasteiger partial charge in [-0.05, 0) is 38.0 Å². The van der Waals surface area contributed by atoms with Crippen LogP contribution in [0, 0.1) is 17.6 Å². The molecule has 2 N–H and O–H groups in total. The fourth-order valence-electron chi connectivity index (χ4n) is 2.47. The molecule has 0 spiro atoms. The van der Waals surface area contributed by atoms with Crippen molar-refractivity contribution in [3.63, 3.8) is 0 Å². The van der Waals surface area contributed by atoms with E-state index in [0.29, 0.717) is 13.0 Å². The van der Waals surface area contributed by atoms with Gasteiger partial charge in [0.05, 0.1) is 24.2 Å². The van der Waals surface area contributed by atoms with Crippen molar-refractivity contribution in [2.45, 2.75) is 38.5 Å². The smallest absolute Gasteiger partial charge is 0.226 e. The van der Waals surface area contributed by atoms with Crippen molar-refractivity contribution in [2.75, 3.05) is 6.61 Å². The van der Waals surface area contributed by atoms with Crippen molar-refractivity contribution in [1.82, 2.24) is 5.32 Å². The van der Waals surface area contributed by atoms with E-state index in [4.69, 9.17) is 4.74 Å². The van der Waals surface area contributed by atoms with Gasteiger partial charge in [0.2, 0.25) is 5.91 Å². The van der Waals surface area contributed by atoms with Gasteiger partial charge in [-0.1, -0.05) is 6.07 Å². The number of carbonyl (C=O) groups is 1. The van der Waals surface area contributed by atoms with Gasteiger partial charge in [0.25, 0.3) is 0 Å². The van der Waals surface area contributed by atoms with Gasteiger partial charge < -0.3 is 15.2 Å². The molecule has 4 unspecified atom stereocenters. The van der Waals surface area contributed by atoms with Gasteiger partial charge in [0, 0.05) is 6.61 Å². The maximum Gasteiger partial charge on any atom is 0.226 e. The summed E-state index contributed by atoms with van der Waals surface area (Å²) in [5.41, 5.74) is 0.220. The first-order valence-corrected chi connectivity index (χ1v) is 6.95. The maximum absolute atomic E-state index is 13.2. The predicted octanol–water partition coefficient (Wildman–Crippen LogP) is 1.93. The third-order valence-electron chi connectivity index (χ3n) is 3.84. The number of ether oxygens (including phenoxy) is 1. The summed E-state index contributed by atoms with van der Waals surface area (Å²) < 4.78 is 31.4. The molecular formula is C15H19F2NO3. The van der Waals surface area contributed by atoms with Crippen LogP contribution >= 0.6 is 0 Å². The van der Waals surface area contributed by atoms with Crippen LogP contribution in [0.3, 0.4) is 0 Å². The highest BCUT2D eigenvalue weighted by Gasteiger charge is 2.32. The minimum Gasteiger partial charge on any atom is -0.386 e. The largest absolute Gasteiger partial charge is 0.386 e. The number of rotatable bonds is 4. The van der Waals surface area contributed by atoms with Crippen LogP contribution in [0.15, 0.2) is 18.2 Å². The molecule has 0 radical (unpaired) electrons. The lowest BCUT2D eigenvalue weighted by atomic mass is 9.99. The van der Waals surface area contributed by atoms with Gasteiger partial charge in [-0.15, -0.1) is 0 Å². The molecule has 4 nitrogen and oxygen atoms in total. The van der Waals surface area contributed by atoms with E-state index in [2.05, 4.69) is 5.32 Å². The molecule has 1 amide bonds. The van der Waals surface area contributed by atoms with E-state index < -0.39 is 23.8 Å². The van der Waals surface area contributed by atoms with Crippen molar-refractivity contribution in [3.05, 3.63) is 35.4 Å². The van der Waals surface area contributed by atoms with Crippen LogP contribution in [0.1, 0.15) is 31.9 Å². The average Bonchev–Trinajstić information content (AvgIpc) is 2.87. The molecule has 21 heavy (non-hydrogen) atoms. The summed E-state index contributed by atoms with van der Waals surface area (Å²) in [5.74, 6) is -2.44. The number of nitrogens with one attached hydrogen (secondary N) is 1. The van der Waals surface area contributed by atoms with Crippen molar-refractivity contribution in [2.24, 2.45) is 5.92 Å². The lowest BCUT2D eigenvalue weighted by Crippen LogP contribution is -2.42. The predicted molar refractivity (Wildman–Crippen MR) is 72.4 cm³/mol. The molecule has 1 saturated heterocycles. The molecule has 2 rings (SSSR count). The van der Waals surface area contributed by atoms with Crippen molar-refractivity contribution in [1.29, 1.82) is 0 Å². The van der Waals surface area contributed by atoms with E-state index >= 15 is 0 Å². The molecule has 0 saturated carbocycles. The normalized spacial score (nSPS) is 24.6. The Labute approximate surface area is 122 Å². The fourth-order valence-corrected chi connectivity index (χ4v) is 2.47. The van der Waals surface area contributed by atoms with E-state index in [9.17, 15) is 18.7 Å². The zero-order valence-electron chi connectivity index (χ0n) is 12.0. The SMILES string of the molecule is CC(NC(=O)C1CCOC1C)C(O)c1ccc(F)c(F)c1. The van der Waals surface area contributed by atoms with Crippen LogP contribution in [0.5, 0.6) is 0 Å². The molecule has 6 heteroatoms. The van der Waals surface area contributed by atoms with Gasteiger partial charge in [-0.2, -0.15) is 0 Å². The first kappa shape index (κ1) is 15.9. The van der Waals surface area contributed by atoms with Crippen molar-refractivity contribution < 1.29 is 23.4 Å². The number of carbonyl (C=O) groups excluding carboxylic acids is 1. The van der Waals surface area contributed by atoms with Gasteiger partial charge in [-0.3, -0.25) is 4.79 Å². The minimum atomic E-state index is -1.11. The summed E-state index contributed by atoms with van der Waals surface area (Å²) >= 11 is 0. The van der Waals surface area contributed by atoms with Crippen LogP contribution in [-0.4, -0.2) is 29.8 Å². The second kappa shape index (κ2) is 6.49. The molecule has 0 aliphatic carbocycles. The Morgan fingerprint density at radius 2 is 2.14 bits per heavy atom. The molecule has 1 aliphatic rings. The quantitative estimate of drug-likeness (QED) is 0.893. The van der Waals surface area contributed by atoms with Crippen LogP contribution in [-0.2, 0) is 9.53 Å². The minimum absolute atomic E-state index is 0.155. The molecule has 1 fully saturated rings. The first-order chi connectivity index (χ1) is 9.90. The van der Waals surface area contributed by atoms with Crippen LogP contribution in [0.2, 0.25) is 0 Å². The lowest BCUT2D eigenvalue weighted by molar-refractivity contribution is -0.127. The Morgan fingerprint density at radius 1 is 1.43 bits per heavy atom. The van der Waals surface area contributed by atoms with Gasteiger partial charge in [-0.25, -0.2) is 8.78 Å². The summed E-state index contributed by atoms with van der Waals surface area (Å²) in [6, 6.07) is 2.57. The number of benzene rings is 1. The van der Waals surface area contributed by atoms with E-state index in [0.717, 1.165) is 12.1 Å². The highest BCUT2D eigenvalue weighted by Crippen LogP contribution is 2.23. The number of aliphatic hydroxyl groups is 1. The molecule has 1 aliphatic heterocycles. The summed E-state index contributed by atoms with van der Waals surface area (Å²) in [6.07, 6.45) is -0.625. The Kier molecular flexibility index (Phi) is 4.90. The molecule has 1 heterocycles.